The zero-order chi connectivity index (χ0) is 20.7. The van der Waals surface area contributed by atoms with Crippen molar-refractivity contribution in [2.75, 3.05) is 18.0 Å². The van der Waals surface area contributed by atoms with Crippen molar-refractivity contribution in [3.05, 3.63) is 56.4 Å². The van der Waals surface area contributed by atoms with Crippen LogP contribution in [0.25, 0.3) is 11.0 Å². The van der Waals surface area contributed by atoms with Gasteiger partial charge in [0.1, 0.15) is 0 Å². The number of hydrogen-bond acceptors (Lipinski definition) is 6. The Morgan fingerprint density at radius 3 is 2.77 bits per heavy atom. The second-order valence-corrected chi connectivity index (χ2v) is 8.42. The average molecular weight is 406 g/mol. The maximum Gasteiger partial charge on any atom is 0.267 e. The van der Waals surface area contributed by atoms with Crippen LogP contribution in [0.15, 0.2) is 34.0 Å². The van der Waals surface area contributed by atoms with Crippen molar-refractivity contribution in [3.8, 4) is 0 Å². The Balaban J connectivity index is 1.32. The quantitative estimate of drug-likeness (QED) is 0.658. The van der Waals surface area contributed by atoms with Crippen molar-refractivity contribution < 1.29 is 0 Å². The van der Waals surface area contributed by atoms with Crippen molar-refractivity contribution in [2.45, 2.75) is 45.1 Å². The minimum Gasteiger partial charge on any atom is -0.342 e. The van der Waals surface area contributed by atoms with Gasteiger partial charge < -0.3 is 4.90 Å². The van der Waals surface area contributed by atoms with E-state index in [0.717, 1.165) is 62.9 Å². The fourth-order valence-electron chi connectivity index (χ4n) is 4.67. The number of pyridine rings is 1. The minimum absolute atomic E-state index is 0.0164. The Labute approximate surface area is 174 Å². The maximum atomic E-state index is 12.7. The molecule has 156 valence electrons. The summed E-state index contributed by atoms with van der Waals surface area (Å²) >= 11 is 0. The van der Waals surface area contributed by atoms with Crippen LogP contribution in [0.4, 0.5) is 5.95 Å². The zero-order valence-electron chi connectivity index (χ0n) is 17.3. The largest absolute Gasteiger partial charge is 0.342 e. The first-order chi connectivity index (χ1) is 14.6. The molecule has 1 saturated heterocycles. The van der Waals surface area contributed by atoms with E-state index in [2.05, 4.69) is 20.0 Å². The highest BCUT2D eigenvalue weighted by molar-refractivity contribution is 5.74. The molecule has 3 aromatic heterocycles. The third-order valence-corrected chi connectivity index (χ3v) is 6.43. The number of piperidine rings is 1. The molecule has 0 amide bonds. The summed E-state index contributed by atoms with van der Waals surface area (Å²) in [6.45, 7) is 2.25. The highest BCUT2D eigenvalue weighted by Gasteiger charge is 2.24. The summed E-state index contributed by atoms with van der Waals surface area (Å²) in [5.74, 6) is 1.05. The number of hydrogen-bond donors (Lipinski definition) is 0. The van der Waals surface area contributed by atoms with Gasteiger partial charge in [-0.15, -0.1) is 0 Å². The van der Waals surface area contributed by atoms with Gasteiger partial charge in [0, 0.05) is 38.9 Å². The predicted octanol–water partition coefficient (Wildman–Crippen LogP) is 1.68. The van der Waals surface area contributed by atoms with Gasteiger partial charge >= 0.3 is 0 Å². The Morgan fingerprint density at radius 1 is 1.13 bits per heavy atom. The van der Waals surface area contributed by atoms with Crippen LogP contribution in [-0.2, 0) is 26.4 Å². The van der Waals surface area contributed by atoms with Crippen molar-refractivity contribution in [1.82, 2.24) is 24.3 Å². The van der Waals surface area contributed by atoms with E-state index in [-0.39, 0.29) is 11.1 Å². The molecule has 1 aliphatic heterocycles. The molecule has 8 nitrogen and oxygen atoms in total. The molecule has 1 aliphatic carbocycles. The van der Waals surface area contributed by atoms with Gasteiger partial charge in [-0.25, -0.2) is 9.67 Å². The topological polar surface area (TPSA) is 85.9 Å². The Hall–Kier alpha value is -3.03. The van der Waals surface area contributed by atoms with Gasteiger partial charge in [0.05, 0.1) is 11.1 Å². The molecule has 2 aliphatic rings. The lowest BCUT2D eigenvalue weighted by Crippen LogP contribution is -2.40. The van der Waals surface area contributed by atoms with Crippen LogP contribution < -0.4 is 16.0 Å². The first-order valence-corrected chi connectivity index (χ1v) is 10.8. The number of aryl methyl sites for hydroxylation is 2. The van der Waals surface area contributed by atoms with Crippen molar-refractivity contribution in [2.24, 2.45) is 13.0 Å². The van der Waals surface area contributed by atoms with Gasteiger partial charge in [0.25, 0.3) is 11.1 Å². The van der Waals surface area contributed by atoms with Crippen molar-refractivity contribution in [3.63, 3.8) is 0 Å². The van der Waals surface area contributed by atoms with E-state index < -0.39 is 0 Å². The molecule has 0 N–H and O–H groups in total. The highest BCUT2D eigenvalue weighted by Crippen LogP contribution is 2.23. The Morgan fingerprint density at radius 2 is 1.93 bits per heavy atom. The summed E-state index contributed by atoms with van der Waals surface area (Å²) in [6, 6.07) is 5.31. The van der Waals surface area contributed by atoms with Crippen LogP contribution in [0, 0.1) is 5.92 Å². The normalized spacial score (nSPS) is 17.3. The van der Waals surface area contributed by atoms with Crippen molar-refractivity contribution in [1.29, 1.82) is 0 Å². The molecular formula is C22H26N6O2. The lowest BCUT2D eigenvalue weighted by molar-refractivity contribution is 0.329. The molecule has 0 unspecified atom stereocenters. The summed E-state index contributed by atoms with van der Waals surface area (Å²) in [5, 5.41) is 5.21. The molecule has 0 spiro atoms. The third kappa shape index (κ3) is 3.40. The summed E-state index contributed by atoms with van der Waals surface area (Å²) in [6.07, 6.45) is 7.78. The number of nitrogens with zero attached hydrogens (tertiary/aromatic N) is 6. The van der Waals surface area contributed by atoms with Crippen LogP contribution in [0.3, 0.4) is 0 Å². The molecule has 0 saturated carbocycles. The minimum atomic E-state index is -0.0740. The summed E-state index contributed by atoms with van der Waals surface area (Å²) in [7, 11) is 1.76. The summed E-state index contributed by atoms with van der Waals surface area (Å²) in [5.41, 5.74) is 2.66. The monoisotopic (exact) mass is 406 g/mol. The number of anilines is 1. The molecular weight excluding hydrogens is 380 g/mol. The van der Waals surface area contributed by atoms with Gasteiger partial charge in [-0.3, -0.25) is 14.2 Å². The lowest BCUT2D eigenvalue weighted by Gasteiger charge is -2.33. The first-order valence-electron chi connectivity index (χ1n) is 10.8. The van der Waals surface area contributed by atoms with Gasteiger partial charge in [-0.1, -0.05) is 0 Å². The average Bonchev–Trinajstić information content (AvgIpc) is 2.77. The van der Waals surface area contributed by atoms with E-state index >= 15 is 0 Å². The van der Waals surface area contributed by atoms with E-state index in [1.54, 1.807) is 40.7 Å². The van der Waals surface area contributed by atoms with Crippen LogP contribution >= 0.6 is 0 Å². The molecule has 1 fully saturated rings. The van der Waals surface area contributed by atoms with E-state index in [9.17, 15) is 9.59 Å². The highest BCUT2D eigenvalue weighted by atomic mass is 16.1. The number of rotatable bonds is 3. The predicted molar refractivity (Wildman–Crippen MR) is 115 cm³/mol. The number of fused-ring (bicyclic) bond motifs is 2. The molecule has 3 aromatic rings. The first kappa shape index (κ1) is 19.0. The molecule has 0 aromatic carbocycles. The van der Waals surface area contributed by atoms with Crippen LogP contribution in [-0.4, -0.2) is 37.4 Å². The standard InChI is InChI=1S/C22H26N6O2/c1-26-21(30)17-6-4-10-23-20(17)24-22(26)27-11-8-15(9-12-27)14-28-19(29)13-16-5-2-3-7-18(16)25-28/h4,6,10,13,15H,2-3,5,7-9,11-12,14H2,1H3. The van der Waals surface area contributed by atoms with E-state index in [1.807, 2.05) is 0 Å². The van der Waals surface area contributed by atoms with Crippen LogP contribution in [0.1, 0.15) is 36.9 Å². The fraction of sp³-hybridized carbons (Fsp3) is 0.500. The van der Waals surface area contributed by atoms with E-state index in [1.165, 1.54) is 0 Å². The molecule has 0 radical (unpaired) electrons. The van der Waals surface area contributed by atoms with Gasteiger partial charge in [0.15, 0.2) is 5.65 Å². The molecule has 4 heterocycles. The Kier molecular flexibility index (Phi) is 4.84. The van der Waals surface area contributed by atoms with E-state index in [0.29, 0.717) is 29.4 Å². The molecule has 5 rings (SSSR count). The molecule has 30 heavy (non-hydrogen) atoms. The fourth-order valence-corrected chi connectivity index (χ4v) is 4.67. The smallest absolute Gasteiger partial charge is 0.267 e. The molecule has 0 bridgehead atoms. The molecule has 8 heteroatoms. The van der Waals surface area contributed by atoms with Gasteiger partial charge in [0.2, 0.25) is 5.95 Å². The summed E-state index contributed by atoms with van der Waals surface area (Å²) < 4.78 is 3.28. The SMILES string of the molecule is Cn1c(N2CCC(Cn3nc4c(cc3=O)CCCC4)CC2)nc2ncccc2c1=O. The zero-order valence-corrected chi connectivity index (χ0v) is 17.3. The van der Waals surface area contributed by atoms with E-state index in [4.69, 9.17) is 0 Å². The van der Waals surface area contributed by atoms with Crippen LogP contribution in [0.2, 0.25) is 0 Å². The number of aromatic nitrogens is 5. The molecule has 0 atom stereocenters. The summed E-state index contributed by atoms with van der Waals surface area (Å²) in [4.78, 5) is 36.2. The second kappa shape index (κ2) is 7.66. The van der Waals surface area contributed by atoms with Gasteiger partial charge in [-0.05, 0) is 62.1 Å². The Bertz CT molecular complexity index is 1210. The maximum absolute atomic E-state index is 12.7. The second-order valence-electron chi connectivity index (χ2n) is 8.42. The van der Waals surface area contributed by atoms with Crippen molar-refractivity contribution >= 4 is 17.0 Å². The van der Waals surface area contributed by atoms with Crippen LogP contribution in [0.5, 0.6) is 0 Å². The lowest BCUT2D eigenvalue weighted by atomic mass is 9.96. The van der Waals surface area contributed by atoms with Gasteiger partial charge in [-0.2, -0.15) is 10.1 Å². The third-order valence-electron chi connectivity index (χ3n) is 6.43.